The number of imidazole rings is 1. The lowest BCUT2D eigenvalue weighted by atomic mass is 10.0. The molecule has 0 aliphatic carbocycles. The molecular weight excluding hydrogens is 250 g/mol. The van der Waals surface area contributed by atoms with Crippen LogP contribution in [0.1, 0.15) is 30.8 Å². The van der Waals surface area contributed by atoms with Crippen LogP contribution >= 0.6 is 0 Å². The number of benzene rings is 1. The molecule has 1 heterocycles. The van der Waals surface area contributed by atoms with Crippen molar-refractivity contribution in [2.45, 2.75) is 25.8 Å². The molecule has 4 heteroatoms. The smallest absolute Gasteiger partial charge is 0.118 e. The van der Waals surface area contributed by atoms with E-state index in [2.05, 4.69) is 33.9 Å². The summed E-state index contributed by atoms with van der Waals surface area (Å²) < 4.78 is 7.29. The van der Waals surface area contributed by atoms with Gasteiger partial charge in [0.2, 0.25) is 0 Å². The Morgan fingerprint density at radius 2 is 2.05 bits per heavy atom. The first kappa shape index (κ1) is 14.6. The summed E-state index contributed by atoms with van der Waals surface area (Å²) in [5, 5.41) is 3.54. The minimum Gasteiger partial charge on any atom is -0.497 e. The molecule has 0 bridgehead atoms. The number of nitrogens with zero attached hydrogens (tertiary/aromatic N) is 2. The van der Waals surface area contributed by atoms with Crippen molar-refractivity contribution in [1.29, 1.82) is 0 Å². The van der Waals surface area contributed by atoms with Gasteiger partial charge in [-0.1, -0.05) is 19.1 Å². The Balaban J connectivity index is 2.04. The lowest BCUT2D eigenvalue weighted by Gasteiger charge is -2.18. The van der Waals surface area contributed by atoms with E-state index in [1.807, 2.05) is 31.6 Å². The van der Waals surface area contributed by atoms with Gasteiger partial charge < -0.3 is 14.6 Å². The van der Waals surface area contributed by atoms with Gasteiger partial charge in [-0.25, -0.2) is 4.98 Å². The van der Waals surface area contributed by atoms with Crippen LogP contribution in [0, 0.1) is 0 Å². The quantitative estimate of drug-likeness (QED) is 0.843. The largest absolute Gasteiger partial charge is 0.497 e. The average molecular weight is 273 g/mol. The molecule has 1 aromatic carbocycles. The third-order valence-corrected chi connectivity index (χ3v) is 3.55. The van der Waals surface area contributed by atoms with Crippen LogP contribution in [0.25, 0.3) is 0 Å². The van der Waals surface area contributed by atoms with E-state index in [1.165, 1.54) is 5.56 Å². The third kappa shape index (κ3) is 3.61. The van der Waals surface area contributed by atoms with Gasteiger partial charge in [-0.05, 0) is 30.7 Å². The highest BCUT2D eigenvalue weighted by atomic mass is 16.5. The zero-order chi connectivity index (χ0) is 14.4. The molecule has 0 aliphatic rings. The number of nitrogens with one attached hydrogen (secondary N) is 1. The summed E-state index contributed by atoms with van der Waals surface area (Å²) in [5.74, 6) is 2.02. The second-order valence-electron chi connectivity index (χ2n) is 4.88. The van der Waals surface area contributed by atoms with E-state index >= 15 is 0 Å². The Labute approximate surface area is 120 Å². The maximum atomic E-state index is 5.21. The number of aromatic nitrogens is 2. The second-order valence-corrected chi connectivity index (χ2v) is 4.88. The molecule has 1 unspecified atom stereocenters. The van der Waals surface area contributed by atoms with Crippen LogP contribution in [0.3, 0.4) is 0 Å². The van der Waals surface area contributed by atoms with Crippen molar-refractivity contribution in [3.8, 4) is 5.75 Å². The van der Waals surface area contributed by atoms with E-state index in [0.29, 0.717) is 6.04 Å². The van der Waals surface area contributed by atoms with Gasteiger partial charge in [0.05, 0.1) is 7.11 Å². The van der Waals surface area contributed by atoms with E-state index < -0.39 is 0 Å². The predicted octanol–water partition coefficient (Wildman–Crippen LogP) is 2.71. The zero-order valence-corrected chi connectivity index (χ0v) is 12.5. The summed E-state index contributed by atoms with van der Waals surface area (Å²) >= 11 is 0. The molecule has 0 aliphatic heterocycles. The maximum Gasteiger partial charge on any atom is 0.118 e. The summed E-state index contributed by atoms with van der Waals surface area (Å²) in [7, 11) is 3.73. The molecule has 0 spiro atoms. The normalized spacial score (nSPS) is 12.3. The molecule has 4 nitrogen and oxygen atoms in total. The zero-order valence-electron chi connectivity index (χ0n) is 12.5. The van der Waals surface area contributed by atoms with E-state index in [4.69, 9.17) is 4.74 Å². The van der Waals surface area contributed by atoms with Crippen molar-refractivity contribution in [1.82, 2.24) is 14.9 Å². The number of ether oxygens (including phenoxy) is 1. The highest BCUT2D eigenvalue weighted by Crippen LogP contribution is 2.21. The fourth-order valence-electron chi connectivity index (χ4n) is 2.38. The van der Waals surface area contributed by atoms with Crippen LogP contribution in [-0.2, 0) is 13.5 Å². The topological polar surface area (TPSA) is 39.1 Å². The SMILES string of the molecule is CCNC(CCc1nccn1C)c1ccc(OC)cc1. The lowest BCUT2D eigenvalue weighted by Crippen LogP contribution is -2.21. The van der Waals surface area contributed by atoms with E-state index in [0.717, 1.165) is 31.0 Å². The van der Waals surface area contributed by atoms with Gasteiger partial charge in [0.25, 0.3) is 0 Å². The standard InChI is InChI=1S/C16H23N3O/c1-4-17-15(9-10-16-18-11-12-19(16)2)13-5-7-14(20-3)8-6-13/h5-8,11-12,15,17H,4,9-10H2,1-3H3. The average Bonchev–Trinajstić information content (AvgIpc) is 2.89. The first-order chi connectivity index (χ1) is 9.74. The Hall–Kier alpha value is -1.81. The number of hydrogen-bond acceptors (Lipinski definition) is 3. The molecular formula is C16H23N3O. The molecule has 1 N–H and O–H groups in total. The Morgan fingerprint density at radius 1 is 1.30 bits per heavy atom. The third-order valence-electron chi connectivity index (χ3n) is 3.55. The fourth-order valence-corrected chi connectivity index (χ4v) is 2.38. The van der Waals surface area contributed by atoms with E-state index in [-0.39, 0.29) is 0 Å². The van der Waals surface area contributed by atoms with Crippen LogP contribution in [0.15, 0.2) is 36.7 Å². The molecule has 0 amide bonds. The number of rotatable bonds is 7. The van der Waals surface area contributed by atoms with Gasteiger partial charge in [-0.2, -0.15) is 0 Å². The van der Waals surface area contributed by atoms with Gasteiger partial charge >= 0.3 is 0 Å². The minimum absolute atomic E-state index is 0.350. The fraction of sp³-hybridized carbons (Fsp3) is 0.438. The minimum atomic E-state index is 0.350. The van der Waals surface area contributed by atoms with Crippen LogP contribution in [0.2, 0.25) is 0 Å². The molecule has 1 atom stereocenters. The molecule has 20 heavy (non-hydrogen) atoms. The van der Waals surface area contributed by atoms with Gasteiger partial charge in [-0.15, -0.1) is 0 Å². The molecule has 0 saturated heterocycles. The van der Waals surface area contributed by atoms with Gasteiger partial charge in [0.15, 0.2) is 0 Å². The molecule has 0 radical (unpaired) electrons. The molecule has 1 aromatic heterocycles. The second kappa shape index (κ2) is 7.10. The first-order valence-electron chi connectivity index (χ1n) is 7.08. The Kier molecular flexibility index (Phi) is 5.18. The van der Waals surface area contributed by atoms with Crippen LogP contribution in [0.5, 0.6) is 5.75 Å². The van der Waals surface area contributed by atoms with Crippen molar-refractivity contribution in [3.63, 3.8) is 0 Å². The lowest BCUT2D eigenvalue weighted by molar-refractivity contribution is 0.414. The molecule has 0 saturated carbocycles. The Bertz CT molecular complexity index is 519. The van der Waals surface area contributed by atoms with E-state index in [1.54, 1.807) is 7.11 Å². The summed E-state index contributed by atoms with van der Waals surface area (Å²) in [6.45, 7) is 3.09. The summed E-state index contributed by atoms with van der Waals surface area (Å²) in [6.07, 6.45) is 5.84. The van der Waals surface area contributed by atoms with Crippen molar-refractivity contribution in [2.24, 2.45) is 7.05 Å². The van der Waals surface area contributed by atoms with Crippen molar-refractivity contribution in [2.75, 3.05) is 13.7 Å². The molecule has 2 rings (SSSR count). The monoisotopic (exact) mass is 273 g/mol. The van der Waals surface area contributed by atoms with Crippen molar-refractivity contribution in [3.05, 3.63) is 48.0 Å². The van der Waals surface area contributed by atoms with Crippen LogP contribution in [0.4, 0.5) is 0 Å². The maximum absolute atomic E-state index is 5.21. The highest BCUT2D eigenvalue weighted by molar-refractivity contribution is 5.29. The summed E-state index contributed by atoms with van der Waals surface area (Å²) in [4.78, 5) is 4.38. The van der Waals surface area contributed by atoms with Crippen molar-refractivity contribution >= 4 is 0 Å². The van der Waals surface area contributed by atoms with Crippen LogP contribution < -0.4 is 10.1 Å². The first-order valence-corrected chi connectivity index (χ1v) is 7.08. The highest BCUT2D eigenvalue weighted by Gasteiger charge is 2.11. The van der Waals surface area contributed by atoms with Gasteiger partial charge in [0.1, 0.15) is 11.6 Å². The predicted molar refractivity (Wildman–Crippen MR) is 80.9 cm³/mol. The number of aryl methyl sites for hydroxylation is 2. The summed E-state index contributed by atoms with van der Waals surface area (Å²) in [5.41, 5.74) is 1.29. The van der Waals surface area contributed by atoms with Gasteiger partial charge in [-0.3, -0.25) is 0 Å². The molecule has 108 valence electrons. The molecule has 0 fully saturated rings. The van der Waals surface area contributed by atoms with Crippen molar-refractivity contribution < 1.29 is 4.74 Å². The van der Waals surface area contributed by atoms with E-state index in [9.17, 15) is 0 Å². The Morgan fingerprint density at radius 3 is 2.60 bits per heavy atom. The molecule has 2 aromatic rings. The number of hydrogen-bond donors (Lipinski definition) is 1. The number of methoxy groups -OCH3 is 1. The summed E-state index contributed by atoms with van der Waals surface area (Å²) in [6, 6.07) is 8.64. The van der Waals surface area contributed by atoms with Crippen LogP contribution in [-0.4, -0.2) is 23.2 Å². The van der Waals surface area contributed by atoms with Gasteiger partial charge in [0, 0.05) is 31.9 Å².